The van der Waals surface area contributed by atoms with E-state index in [2.05, 4.69) is 4.84 Å². The van der Waals surface area contributed by atoms with E-state index >= 15 is 0 Å². The minimum Gasteiger partial charge on any atom is -0.492 e. The molecule has 0 aliphatic carbocycles. The van der Waals surface area contributed by atoms with Crippen molar-refractivity contribution >= 4 is 6.29 Å². The van der Waals surface area contributed by atoms with Crippen LogP contribution in [0, 0.1) is 10.1 Å². The predicted molar refractivity (Wildman–Crippen MR) is 50.3 cm³/mol. The van der Waals surface area contributed by atoms with Gasteiger partial charge in [-0.1, -0.05) is 0 Å². The summed E-state index contributed by atoms with van der Waals surface area (Å²) < 4.78 is 5.11. The molecule has 0 aliphatic heterocycles. The number of nitrogens with zero attached hydrogens (tertiary/aromatic N) is 1. The number of benzene rings is 1. The van der Waals surface area contributed by atoms with Crippen molar-refractivity contribution in [2.75, 3.05) is 13.2 Å². The topological polar surface area (TPSA) is 78.7 Å². The van der Waals surface area contributed by atoms with Crippen molar-refractivity contribution in [1.82, 2.24) is 0 Å². The minimum absolute atomic E-state index is 0.0847. The van der Waals surface area contributed by atoms with Crippen LogP contribution in [0.5, 0.6) is 5.75 Å². The summed E-state index contributed by atoms with van der Waals surface area (Å²) in [6.07, 6.45) is 0.722. The molecule has 0 saturated heterocycles. The molecule has 1 rings (SSSR count). The second-order valence-corrected chi connectivity index (χ2v) is 2.59. The molecule has 0 N–H and O–H groups in total. The Kier molecular flexibility index (Phi) is 4.08. The molecule has 6 heteroatoms. The molecule has 0 aromatic heterocycles. The van der Waals surface area contributed by atoms with Gasteiger partial charge in [0.15, 0.2) is 0 Å². The molecular weight excluding hydrogens is 202 g/mol. The van der Waals surface area contributed by atoms with Gasteiger partial charge in [0.2, 0.25) is 0 Å². The first-order valence-electron chi connectivity index (χ1n) is 4.17. The molecule has 0 bridgehead atoms. The van der Waals surface area contributed by atoms with Crippen molar-refractivity contribution < 1.29 is 19.5 Å². The van der Waals surface area contributed by atoms with Crippen molar-refractivity contribution in [2.45, 2.75) is 0 Å². The van der Waals surface area contributed by atoms with Gasteiger partial charge in [0.25, 0.3) is 5.09 Å². The summed E-state index contributed by atoms with van der Waals surface area (Å²) in [6, 6.07) is 6.40. The van der Waals surface area contributed by atoms with Gasteiger partial charge in [-0.15, -0.1) is 10.1 Å². The highest BCUT2D eigenvalue weighted by Crippen LogP contribution is 2.10. The lowest BCUT2D eigenvalue weighted by Gasteiger charge is -2.04. The van der Waals surface area contributed by atoms with Crippen LogP contribution in [0.15, 0.2) is 24.3 Å². The first-order chi connectivity index (χ1) is 7.22. The molecular formula is C9H9NO5. The summed E-state index contributed by atoms with van der Waals surface area (Å²) in [5.74, 6) is 0.535. The van der Waals surface area contributed by atoms with Crippen LogP contribution in [0.4, 0.5) is 0 Å². The Balaban J connectivity index is 2.31. The Morgan fingerprint density at radius 1 is 1.27 bits per heavy atom. The average Bonchev–Trinajstić information content (AvgIpc) is 2.25. The van der Waals surface area contributed by atoms with E-state index in [0.29, 0.717) is 11.3 Å². The van der Waals surface area contributed by atoms with E-state index < -0.39 is 5.09 Å². The van der Waals surface area contributed by atoms with Crippen LogP contribution in [0.2, 0.25) is 0 Å². The molecule has 1 aromatic carbocycles. The van der Waals surface area contributed by atoms with Crippen LogP contribution < -0.4 is 4.74 Å². The third-order valence-corrected chi connectivity index (χ3v) is 1.56. The first-order valence-corrected chi connectivity index (χ1v) is 4.17. The monoisotopic (exact) mass is 211 g/mol. The zero-order chi connectivity index (χ0) is 11.1. The van der Waals surface area contributed by atoms with E-state index in [1.54, 1.807) is 24.3 Å². The second-order valence-electron chi connectivity index (χ2n) is 2.59. The highest BCUT2D eigenvalue weighted by atomic mass is 17.0. The number of ether oxygens (including phenoxy) is 1. The average molecular weight is 211 g/mol. The smallest absolute Gasteiger partial charge is 0.294 e. The van der Waals surface area contributed by atoms with E-state index in [4.69, 9.17) is 4.74 Å². The van der Waals surface area contributed by atoms with Gasteiger partial charge in [0.05, 0.1) is 0 Å². The number of carbonyl (C=O) groups excluding carboxylic acids is 1. The lowest BCUT2D eigenvalue weighted by atomic mass is 10.2. The highest BCUT2D eigenvalue weighted by molar-refractivity contribution is 5.74. The molecule has 0 spiro atoms. The number of rotatable bonds is 6. The molecule has 0 fully saturated rings. The Morgan fingerprint density at radius 2 is 1.93 bits per heavy atom. The number of hydrogen-bond donors (Lipinski definition) is 0. The standard InChI is InChI=1S/C9H9NO5/c11-7-8-1-3-9(4-2-8)14-5-6-15-10(12)13/h1-4,7H,5-6H2. The SMILES string of the molecule is O=Cc1ccc(OCCO[N+](=O)[O-])cc1. The van der Waals surface area contributed by atoms with Crippen LogP contribution in [0.25, 0.3) is 0 Å². The van der Waals surface area contributed by atoms with Crippen LogP contribution >= 0.6 is 0 Å². The molecule has 0 amide bonds. The quantitative estimate of drug-likeness (QED) is 0.304. The molecule has 0 heterocycles. The molecule has 80 valence electrons. The summed E-state index contributed by atoms with van der Waals surface area (Å²) >= 11 is 0. The summed E-state index contributed by atoms with van der Waals surface area (Å²) in [6.45, 7) is -0.0378. The van der Waals surface area contributed by atoms with E-state index in [9.17, 15) is 14.9 Å². The molecule has 6 nitrogen and oxygen atoms in total. The first kappa shape index (κ1) is 11.0. The van der Waals surface area contributed by atoms with Gasteiger partial charge in [-0.2, -0.15) is 0 Å². The summed E-state index contributed by atoms with van der Waals surface area (Å²) in [4.78, 5) is 24.1. The largest absolute Gasteiger partial charge is 0.492 e. The molecule has 0 aliphatic rings. The summed E-state index contributed by atoms with van der Waals surface area (Å²) in [5.41, 5.74) is 0.545. The van der Waals surface area contributed by atoms with Crippen molar-refractivity contribution in [3.05, 3.63) is 39.9 Å². The fourth-order valence-electron chi connectivity index (χ4n) is 0.914. The molecule has 0 unspecified atom stereocenters. The normalized spacial score (nSPS) is 9.33. The van der Waals surface area contributed by atoms with E-state index in [1.807, 2.05) is 0 Å². The van der Waals surface area contributed by atoms with Crippen molar-refractivity contribution in [2.24, 2.45) is 0 Å². The van der Waals surface area contributed by atoms with Gasteiger partial charge in [-0.3, -0.25) is 4.79 Å². The lowest BCUT2D eigenvalue weighted by Crippen LogP contribution is -2.10. The van der Waals surface area contributed by atoms with Crippen LogP contribution in [0.3, 0.4) is 0 Å². The highest BCUT2D eigenvalue weighted by Gasteiger charge is 1.96. The molecule has 0 atom stereocenters. The van der Waals surface area contributed by atoms with Gasteiger partial charge < -0.3 is 9.57 Å². The summed E-state index contributed by atoms with van der Waals surface area (Å²) in [5, 5.41) is 8.91. The molecule has 15 heavy (non-hydrogen) atoms. The molecule has 0 radical (unpaired) electrons. The van der Waals surface area contributed by atoms with Gasteiger partial charge in [-0.25, -0.2) is 0 Å². The van der Waals surface area contributed by atoms with Crippen LogP contribution in [-0.4, -0.2) is 24.6 Å². The zero-order valence-corrected chi connectivity index (χ0v) is 7.79. The Morgan fingerprint density at radius 3 is 2.47 bits per heavy atom. The lowest BCUT2D eigenvalue weighted by molar-refractivity contribution is -0.757. The van der Waals surface area contributed by atoms with Gasteiger partial charge in [0.1, 0.15) is 25.2 Å². The third kappa shape index (κ3) is 4.08. The van der Waals surface area contributed by atoms with Gasteiger partial charge in [-0.05, 0) is 24.3 Å². The maximum absolute atomic E-state index is 10.3. The maximum Gasteiger partial charge on any atom is 0.294 e. The van der Waals surface area contributed by atoms with E-state index in [0.717, 1.165) is 6.29 Å². The third-order valence-electron chi connectivity index (χ3n) is 1.56. The Labute approximate surface area is 85.5 Å². The molecule has 0 saturated carbocycles. The van der Waals surface area contributed by atoms with Crippen LogP contribution in [0.1, 0.15) is 10.4 Å². The van der Waals surface area contributed by atoms with E-state index in [1.165, 1.54) is 0 Å². The van der Waals surface area contributed by atoms with Crippen LogP contribution in [-0.2, 0) is 4.84 Å². The Bertz CT molecular complexity index is 335. The zero-order valence-electron chi connectivity index (χ0n) is 7.79. The Hall–Kier alpha value is -2.11. The predicted octanol–water partition coefficient (Wildman–Crippen LogP) is 1.09. The van der Waals surface area contributed by atoms with Crippen molar-refractivity contribution in [3.63, 3.8) is 0 Å². The number of carbonyl (C=O) groups is 1. The van der Waals surface area contributed by atoms with E-state index in [-0.39, 0.29) is 13.2 Å². The summed E-state index contributed by atoms with van der Waals surface area (Å²) in [7, 11) is 0. The minimum atomic E-state index is -0.876. The fraction of sp³-hybridized carbons (Fsp3) is 0.222. The van der Waals surface area contributed by atoms with Crippen molar-refractivity contribution in [1.29, 1.82) is 0 Å². The van der Waals surface area contributed by atoms with Gasteiger partial charge >= 0.3 is 0 Å². The molecule has 1 aromatic rings. The second kappa shape index (κ2) is 5.58. The van der Waals surface area contributed by atoms with Gasteiger partial charge in [0, 0.05) is 5.56 Å². The maximum atomic E-state index is 10.3. The van der Waals surface area contributed by atoms with Crippen molar-refractivity contribution in [3.8, 4) is 5.75 Å². The number of hydrogen-bond acceptors (Lipinski definition) is 5. The fourth-order valence-corrected chi connectivity index (χ4v) is 0.914. The number of aldehydes is 1.